The minimum atomic E-state index is -0.0985. The first-order valence-corrected chi connectivity index (χ1v) is 5.07. The summed E-state index contributed by atoms with van der Waals surface area (Å²) < 4.78 is 5.10. The second kappa shape index (κ2) is 3.92. The van der Waals surface area contributed by atoms with E-state index < -0.39 is 0 Å². The molecule has 2 rings (SSSR count). The third kappa shape index (κ3) is 2.56. The average molecular weight is 218 g/mol. The highest BCUT2D eigenvalue weighted by Gasteiger charge is 2.15. The Morgan fingerprint density at radius 3 is 2.75 bits per heavy atom. The maximum Gasteiger partial charge on any atom is 0.322 e. The van der Waals surface area contributed by atoms with E-state index in [9.17, 15) is 0 Å². The summed E-state index contributed by atoms with van der Waals surface area (Å²) in [7, 11) is 0. The van der Waals surface area contributed by atoms with Crippen LogP contribution in [0.2, 0.25) is 0 Å². The molecular weight excluding hydrogens is 204 g/mol. The Kier molecular flexibility index (Phi) is 2.60. The Bertz CT molecular complexity index is 458. The Hall–Kier alpha value is -1.91. The molecule has 0 aromatic carbocycles. The predicted molar refractivity (Wildman–Crippen MR) is 60.9 cm³/mol. The summed E-state index contributed by atoms with van der Waals surface area (Å²) in [5.74, 6) is 0.542. The van der Waals surface area contributed by atoms with Crippen molar-refractivity contribution < 1.29 is 4.52 Å². The van der Waals surface area contributed by atoms with E-state index in [0.29, 0.717) is 11.8 Å². The van der Waals surface area contributed by atoms with Crippen molar-refractivity contribution in [1.82, 2.24) is 15.1 Å². The van der Waals surface area contributed by atoms with Gasteiger partial charge in [-0.25, -0.2) is 0 Å². The van der Waals surface area contributed by atoms with Crippen LogP contribution in [-0.2, 0) is 0 Å². The van der Waals surface area contributed by atoms with Gasteiger partial charge < -0.3 is 9.84 Å². The summed E-state index contributed by atoms with van der Waals surface area (Å²) in [6.45, 7) is 6.09. The fourth-order valence-electron chi connectivity index (χ4n) is 1.21. The van der Waals surface area contributed by atoms with Gasteiger partial charge in [-0.1, -0.05) is 5.16 Å². The number of pyridine rings is 1. The van der Waals surface area contributed by atoms with E-state index in [0.717, 1.165) is 5.56 Å². The number of nitrogens with zero attached hydrogens (tertiary/aromatic N) is 3. The standard InChI is InChI=1S/C11H14N4O/c1-11(2,3)14-10-13-9(15-16-10)8-5-4-6-12-7-8/h4-7H,1-3H3,(H,13,14,15). The minimum Gasteiger partial charge on any atom is -0.333 e. The summed E-state index contributed by atoms with van der Waals surface area (Å²) >= 11 is 0. The van der Waals surface area contributed by atoms with Crippen LogP contribution in [0, 0.1) is 0 Å². The number of hydrogen-bond acceptors (Lipinski definition) is 5. The molecular formula is C11H14N4O. The van der Waals surface area contributed by atoms with Crippen LogP contribution >= 0.6 is 0 Å². The summed E-state index contributed by atoms with van der Waals surface area (Å²) in [6, 6.07) is 4.15. The van der Waals surface area contributed by atoms with E-state index in [2.05, 4.69) is 20.4 Å². The molecule has 0 bridgehead atoms. The molecule has 0 fully saturated rings. The fraction of sp³-hybridized carbons (Fsp3) is 0.364. The van der Waals surface area contributed by atoms with Gasteiger partial charge in [-0.05, 0) is 32.9 Å². The van der Waals surface area contributed by atoms with Crippen LogP contribution in [0.15, 0.2) is 29.0 Å². The molecule has 84 valence electrons. The van der Waals surface area contributed by atoms with Crippen LogP contribution < -0.4 is 5.32 Å². The zero-order chi connectivity index (χ0) is 11.6. The Morgan fingerprint density at radius 2 is 2.12 bits per heavy atom. The lowest BCUT2D eigenvalue weighted by Crippen LogP contribution is -2.26. The topological polar surface area (TPSA) is 63.8 Å². The van der Waals surface area contributed by atoms with Crippen LogP contribution in [0.5, 0.6) is 0 Å². The predicted octanol–water partition coefficient (Wildman–Crippen LogP) is 2.34. The molecule has 2 aromatic rings. The first-order valence-electron chi connectivity index (χ1n) is 5.07. The zero-order valence-electron chi connectivity index (χ0n) is 9.56. The zero-order valence-corrected chi connectivity index (χ0v) is 9.56. The van der Waals surface area contributed by atoms with E-state index in [1.807, 2.05) is 32.9 Å². The summed E-state index contributed by atoms with van der Waals surface area (Å²) in [4.78, 5) is 8.24. The van der Waals surface area contributed by atoms with Gasteiger partial charge in [0.25, 0.3) is 0 Å². The van der Waals surface area contributed by atoms with Crippen molar-refractivity contribution >= 4 is 6.01 Å². The highest BCUT2D eigenvalue weighted by molar-refractivity contribution is 5.53. The van der Waals surface area contributed by atoms with Gasteiger partial charge in [0.1, 0.15) is 0 Å². The Balaban J connectivity index is 2.21. The maximum absolute atomic E-state index is 5.10. The smallest absolute Gasteiger partial charge is 0.322 e. The van der Waals surface area contributed by atoms with Crippen molar-refractivity contribution in [1.29, 1.82) is 0 Å². The van der Waals surface area contributed by atoms with Crippen molar-refractivity contribution in [3.63, 3.8) is 0 Å². The van der Waals surface area contributed by atoms with Crippen LogP contribution in [0.3, 0.4) is 0 Å². The average Bonchev–Trinajstić information content (AvgIpc) is 2.65. The molecule has 0 aliphatic carbocycles. The van der Waals surface area contributed by atoms with Crippen LogP contribution in [0.1, 0.15) is 20.8 Å². The third-order valence-corrected chi connectivity index (χ3v) is 1.83. The molecule has 0 unspecified atom stereocenters. The van der Waals surface area contributed by atoms with Crippen molar-refractivity contribution in [3.05, 3.63) is 24.5 Å². The molecule has 16 heavy (non-hydrogen) atoms. The molecule has 1 N–H and O–H groups in total. The number of nitrogens with one attached hydrogen (secondary N) is 1. The van der Waals surface area contributed by atoms with Gasteiger partial charge in [0.15, 0.2) is 0 Å². The quantitative estimate of drug-likeness (QED) is 0.838. The van der Waals surface area contributed by atoms with Crippen LogP contribution in [0.25, 0.3) is 11.4 Å². The molecule has 0 amide bonds. The number of aromatic nitrogens is 3. The molecule has 0 saturated carbocycles. The van der Waals surface area contributed by atoms with E-state index in [1.54, 1.807) is 12.4 Å². The van der Waals surface area contributed by atoms with Crippen molar-refractivity contribution in [2.45, 2.75) is 26.3 Å². The second-order valence-electron chi connectivity index (χ2n) is 4.54. The lowest BCUT2D eigenvalue weighted by Gasteiger charge is -2.17. The molecule has 0 spiro atoms. The molecule has 0 aliphatic rings. The lowest BCUT2D eigenvalue weighted by molar-refractivity contribution is 0.420. The lowest BCUT2D eigenvalue weighted by atomic mass is 10.1. The van der Waals surface area contributed by atoms with E-state index >= 15 is 0 Å². The highest BCUT2D eigenvalue weighted by atomic mass is 16.5. The van der Waals surface area contributed by atoms with Crippen molar-refractivity contribution in [2.24, 2.45) is 0 Å². The van der Waals surface area contributed by atoms with Gasteiger partial charge in [0.05, 0.1) is 0 Å². The van der Waals surface area contributed by atoms with Crippen LogP contribution in [0.4, 0.5) is 6.01 Å². The van der Waals surface area contributed by atoms with E-state index in [4.69, 9.17) is 4.52 Å². The first kappa shape index (κ1) is 10.6. The van der Waals surface area contributed by atoms with Gasteiger partial charge >= 0.3 is 6.01 Å². The maximum atomic E-state index is 5.10. The number of rotatable bonds is 2. The third-order valence-electron chi connectivity index (χ3n) is 1.83. The summed E-state index contributed by atoms with van der Waals surface area (Å²) in [6.07, 6.45) is 3.41. The van der Waals surface area contributed by atoms with Gasteiger partial charge in [-0.3, -0.25) is 4.98 Å². The molecule has 2 aromatic heterocycles. The Morgan fingerprint density at radius 1 is 1.31 bits per heavy atom. The largest absolute Gasteiger partial charge is 0.333 e. The van der Waals surface area contributed by atoms with E-state index in [-0.39, 0.29) is 5.54 Å². The SMILES string of the molecule is CC(C)(C)Nc1nc(-c2cccnc2)no1. The van der Waals surface area contributed by atoms with Gasteiger partial charge in [0, 0.05) is 23.5 Å². The molecule has 0 radical (unpaired) electrons. The number of hydrogen-bond donors (Lipinski definition) is 1. The minimum absolute atomic E-state index is 0.0985. The van der Waals surface area contributed by atoms with Gasteiger partial charge in [0.2, 0.25) is 5.82 Å². The Labute approximate surface area is 93.9 Å². The summed E-state index contributed by atoms with van der Waals surface area (Å²) in [5, 5.41) is 6.99. The van der Waals surface area contributed by atoms with Gasteiger partial charge in [-0.15, -0.1) is 0 Å². The van der Waals surface area contributed by atoms with Gasteiger partial charge in [-0.2, -0.15) is 4.98 Å². The highest BCUT2D eigenvalue weighted by Crippen LogP contribution is 2.18. The molecule has 0 saturated heterocycles. The fourth-order valence-corrected chi connectivity index (χ4v) is 1.21. The molecule has 5 nitrogen and oxygen atoms in total. The first-order chi connectivity index (χ1) is 7.54. The number of anilines is 1. The van der Waals surface area contributed by atoms with Crippen LogP contribution in [-0.4, -0.2) is 20.7 Å². The summed E-state index contributed by atoms with van der Waals surface area (Å²) in [5.41, 5.74) is 0.742. The normalized spacial score (nSPS) is 11.4. The molecule has 0 aliphatic heterocycles. The monoisotopic (exact) mass is 218 g/mol. The van der Waals surface area contributed by atoms with Crippen molar-refractivity contribution in [2.75, 3.05) is 5.32 Å². The molecule has 0 atom stereocenters. The van der Waals surface area contributed by atoms with Crippen molar-refractivity contribution in [3.8, 4) is 11.4 Å². The molecule has 5 heteroatoms. The van der Waals surface area contributed by atoms with E-state index in [1.165, 1.54) is 0 Å². The second-order valence-corrected chi connectivity index (χ2v) is 4.54. The molecule has 2 heterocycles.